The van der Waals surface area contributed by atoms with Gasteiger partial charge < -0.3 is 19.0 Å². The van der Waals surface area contributed by atoms with E-state index in [4.69, 9.17) is 21.7 Å². The third-order valence-corrected chi connectivity index (χ3v) is 4.58. The van der Waals surface area contributed by atoms with Gasteiger partial charge in [0.05, 0.1) is 18.1 Å². The van der Waals surface area contributed by atoms with Crippen LogP contribution in [0.4, 0.5) is 0 Å². The molecule has 1 N–H and O–H groups in total. The largest absolute Gasteiger partial charge is 0.497 e. The molecule has 1 fully saturated rings. The molecular formula is C15H20N2O2S. The number of fused-ring (bicyclic) bond motifs is 1. The Morgan fingerprint density at radius 2 is 2.15 bits per heavy atom. The minimum atomic E-state index is 0.383. The Morgan fingerprint density at radius 3 is 2.85 bits per heavy atom. The van der Waals surface area contributed by atoms with Crippen molar-refractivity contribution in [3.63, 3.8) is 0 Å². The summed E-state index contributed by atoms with van der Waals surface area (Å²) in [5, 5.41) is 0. The Balaban J connectivity index is 2.01. The van der Waals surface area contributed by atoms with Crippen molar-refractivity contribution in [2.75, 3.05) is 20.3 Å². The first-order valence-electron chi connectivity index (χ1n) is 7.06. The van der Waals surface area contributed by atoms with Gasteiger partial charge in [0.25, 0.3) is 0 Å². The van der Waals surface area contributed by atoms with E-state index in [9.17, 15) is 0 Å². The third kappa shape index (κ3) is 2.36. The zero-order valence-corrected chi connectivity index (χ0v) is 12.7. The van der Waals surface area contributed by atoms with Crippen LogP contribution in [0.1, 0.15) is 25.8 Å². The minimum Gasteiger partial charge on any atom is -0.497 e. The van der Waals surface area contributed by atoms with Gasteiger partial charge in [-0.15, -0.1) is 0 Å². The van der Waals surface area contributed by atoms with Crippen molar-refractivity contribution in [3.05, 3.63) is 23.0 Å². The minimum absolute atomic E-state index is 0.383. The predicted octanol–water partition coefficient (Wildman–Crippen LogP) is 3.70. The first-order chi connectivity index (χ1) is 9.70. The van der Waals surface area contributed by atoms with Crippen LogP contribution in [0.3, 0.4) is 0 Å². The van der Waals surface area contributed by atoms with Crippen LogP contribution in [-0.4, -0.2) is 29.9 Å². The van der Waals surface area contributed by atoms with Gasteiger partial charge in [0, 0.05) is 25.3 Å². The quantitative estimate of drug-likeness (QED) is 0.877. The smallest absolute Gasteiger partial charge is 0.178 e. The molecule has 1 aliphatic rings. The molecule has 0 radical (unpaired) electrons. The molecule has 4 nitrogen and oxygen atoms in total. The molecule has 1 unspecified atom stereocenters. The van der Waals surface area contributed by atoms with E-state index in [1.54, 1.807) is 7.11 Å². The lowest BCUT2D eigenvalue weighted by atomic mass is 9.92. The highest BCUT2D eigenvalue weighted by molar-refractivity contribution is 7.71. The molecule has 1 atom stereocenters. The molecule has 108 valence electrons. The van der Waals surface area contributed by atoms with Gasteiger partial charge in [-0.1, -0.05) is 0 Å². The van der Waals surface area contributed by atoms with Crippen molar-refractivity contribution in [1.29, 1.82) is 0 Å². The first-order valence-corrected chi connectivity index (χ1v) is 7.47. The maximum atomic E-state index is 5.51. The van der Waals surface area contributed by atoms with E-state index in [0.717, 1.165) is 47.6 Å². The van der Waals surface area contributed by atoms with Gasteiger partial charge >= 0.3 is 0 Å². The number of nitrogens with one attached hydrogen (secondary N) is 1. The van der Waals surface area contributed by atoms with Crippen LogP contribution in [0.25, 0.3) is 11.0 Å². The molecule has 0 bridgehead atoms. The Kier molecular flexibility index (Phi) is 3.81. The molecule has 0 amide bonds. The molecule has 1 aliphatic heterocycles. The Labute approximate surface area is 123 Å². The first kappa shape index (κ1) is 13.6. The molecular weight excluding hydrogens is 272 g/mol. The SMILES string of the molecule is COc1ccc2c(c1)[nH]c(=S)n2C(C)C1CCOCC1. The highest BCUT2D eigenvalue weighted by Crippen LogP contribution is 2.31. The lowest BCUT2D eigenvalue weighted by molar-refractivity contribution is 0.0517. The number of hydrogen-bond acceptors (Lipinski definition) is 3. The molecule has 20 heavy (non-hydrogen) atoms. The summed E-state index contributed by atoms with van der Waals surface area (Å²) in [6.07, 6.45) is 2.21. The van der Waals surface area contributed by atoms with Crippen LogP contribution < -0.4 is 4.74 Å². The molecule has 0 saturated carbocycles. The number of aromatic amines is 1. The molecule has 5 heteroatoms. The van der Waals surface area contributed by atoms with E-state index in [1.807, 2.05) is 12.1 Å². The molecule has 3 rings (SSSR count). The van der Waals surface area contributed by atoms with E-state index in [0.29, 0.717) is 12.0 Å². The predicted molar refractivity (Wildman–Crippen MR) is 81.9 cm³/mol. The highest BCUT2D eigenvalue weighted by Gasteiger charge is 2.23. The summed E-state index contributed by atoms with van der Waals surface area (Å²) >= 11 is 5.51. The van der Waals surface area contributed by atoms with E-state index in [2.05, 4.69) is 22.5 Å². The average Bonchev–Trinajstić information content (AvgIpc) is 2.82. The van der Waals surface area contributed by atoms with Crippen molar-refractivity contribution < 1.29 is 9.47 Å². The molecule has 1 aromatic carbocycles. The molecule has 0 spiro atoms. The number of methoxy groups -OCH3 is 1. The second-order valence-electron chi connectivity index (χ2n) is 5.37. The molecule has 0 aliphatic carbocycles. The molecule has 2 heterocycles. The van der Waals surface area contributed by atoms with Gasteiger partial charge in [-0.2, -0.15) is 0 Å². The van der Waals surface area contributed by atoms with Crippen molar-refractivity contribution in [3.8, 4) is 5.75 Å². The maximum Gasteiger partial charge on any atom is 0.178 e. The highest BCUT2D eigenvalue weighted by atomic mass is 32.1. The number of rotatable bonds is 3. The van der Waals surface area contributed by atoms with Crippen molar-refractivity contribution in [1.82, 2.24) is 9.55 Å². The summed E-state index contributed by atoms with van der Waals surface area (Å²) < 4.78 is 13.7. The van der Waals surface area contributed by atoms with Crippen molar-refractivity contribution >= 4 is 23.3 Å². The van der Waals surface area contributed by atoms with Crippen LogP contribution in [0, 0.1) is 10.7 Å². The van der Waals surface area contributed by atoms with Crippen molar-refractivity contribution in [2.45, 2.75) is 25.8 Å². The average molecular weight is 292 g/mol. The fourth-order valence-corrected chi connectivity index (χ4v) is 3.43. The number of ether oxygens (including phenoxy) is 2. The van der Waals surface area contributed by atoms with Crippen molar-refractivity contribution in [2.24, 2.45) is 5.92 Å². The zero-order chi connectivity index (χ0) is 14.1. The number of imidazole rings is 1. The van der Waals surface area contributed by atoms with Gasteiger partial charge in [-0.05, 0) is 50.0 Å². The summed E-state index contributed by atoms with van der Waals surface area (Å²) in [7, 11) is 1.68. The van der Waals surface area contributed by atoms with Crippen LogP contribution in [0.2, 0.25) is 0 Å². The molecule has 2 aromatic rings. The second-order valence-corrected chi connectivity index (χ2v) is 5.76. The van der Waals surface area contributed by atoms with E-state index in [1.165, 1.54) is 0 Å². The van der Waals surface area contributed by atoms with Crippen LogP contribution >= 0.6 is 12.2 Å². The summed E-state index contributed by atoms with van der Waals surface area (Å²) in [6, 6.07) is 6.45. The van der Waals surface area contributed by atoms with Crippen LogP contribution in [0.15, 0.2) is 18.2 Å². The lowest BCUT2D eigenvalue weighted by Crippen LogP contribution is -2.24. The maximum absolute atomic E-state index is 5.51. The number of hydrogen-bond donors (Lipinski definition) is 1. The van der Waals surface area contributed by atoms with Gasteiger partial charge in [0.15, 0.2) is 4.77 Å². The van der Waals surface area contributed by atoms with Crippen LogP contribution in [-0.2, 0) is 4.74 Å². The zero-order valence-electron chi connectivity index (χ0n) is 11.9. The topological polar surface area (TPSA) is 39.2 Å². The van der Waals surface area contributed by atoms with Gasteiger partial charge in [-0.3, -0.25) is 0 Å². The summed E-state index contributed by atoms with van der Waals surface area (Å²) in [6.45, 7) is 3.97. The van der Waals surface area contributed by atoms with Gasteiger partial charge in [-0.25, -0.2) is 0 Å². The normalized spacial score (nSPS) is 18.3. The summed E-state index contributed by atoms with van der Waals surface area (Å²) in [4.78, 5) is 3.29. The third-order valence-electron chi connectivity index (χ3n) is 4.28. The summed E-state index contributed by atoms with van der Waals surface area (Å²) in [5.41, 5.74) is 2.18. The molecule has 1 saturated heterocycles. The summed E-state index contributed by atoms with van der Waals surface area (Å²) in [5.74, 6) is 1.47. The second kappa shape index (κ2) is 5.58. The van der Waals surface area contributed by atoms with Crippen LogP contribution in [0.5, 0.6) is 5.75 Å². The number of nitrogens with zero attached hydrogens (tertiary/aromatic N) is 1. The fraction of sp³-hybridized carbons (Fsp3) is 0.533. The van der Waals surface area contributed by atoms with E-state index >= 15 is 0 Å². The fourth-order valence-electron chi connectivity index (χ4n) is 3.05. The standard InChI is InChI=1S/C15H20N2O2S/c1-10(11-5-7-19-8-6-11)17-14-4-3-12(18-2)9-13(14)16-15(17)20/h3-4,9-11H,5-8H2,1-2H3,(H,16,20). The molecule has 1 aromatic heterocycles. The van der Waals surface area contributed by atoms with E-state index in [-0.39, 0.29) is 0 Å². The monoisotopic (exact) mass is 292 g/mol. The number of benzene rings is 1. The number of aromatic nitrogens is 2. The Bertz CT molecular complexity index is 655. The van der Waals surface area contributed by atoms with Gasteiger partial charge in [0.1, 0.15) is 5.75 Å². The van der Waals surface area contributed by atoms with Gasteiger partial charge in [0.2, 0.25) is 0 Å². The number of H-pyrrole nitrogens is 1. The van der Waals surface area contributed by atoms with E-state index < -0.39 is 0 Å². The Hall–Kier alpha value is -1.33. The lowest BCUT2D eigenvalue weighted by Gasteiger charge is -2.29. The Morgan fingerprint density at radius 1 is 1.40 bits per heavy atom.